The van der Waals surface area contributed by atoms with E-state index in [1.165, 1.54) is 17.7 Å². The summed E-state index contributed by atoms with van der Waals surface area (Å²) in [4.78, 5) is 3.96. The monoisotopic (exact) mass is 350 g/mol. The summed E-state index contributed by atoms with van der Waals surface area (Å²) in [5, 5.41) is 6.45. The maximum absolute atomic E-state index is 11.8. The number of hydrogen-bond donors (Lipinski definition) is 2. The average Bonchev–Trinajstić information content (AvgIpc) is 2.95. The van der Waals surface area contributed by atoms with Crippen molar-refractivity contribution in [1.82, 2.24) is 19.9 Å². The minimum atomic E-state index is -3.39. The number of nitrogens with zero attached hydrogens (tertiary/aromatic N) is 2. The molecular weight excluding hydrogens is 340 g/mol. The van der Waals surface area contributed by atoms with E-state index < -0.39 is 10.0 Å². The molecule has 0 spiro atoms. The van der Waals surface area contributed by atoms with E-state index in [1.54, 1.807) is 12.1 Å². The Morgan fingerprint density at radius 2 is 2.28 bits per heavy atom. The van der Waals surface area contributed by atoms with Crippen molar-refractivity contribution in [2.45, 2.75) is 17.1 Å². The lowest BCUT2D eigenvalue weighted by atomic mass is 10.3. The average molecular weight is 351 g/mol. The standard InChI is InChI=1S/C9H11BrN4O2S2/c10-7-3-4-9(17-7)18(15,16)13-5-1-2-8-11-6-12-14-8/h3-4,6,13H,1-2,5H2,(H,11,12,14). The lowest BCUT2D eigenvalue weighted by Crippen LogP contribution is -2.24. The van der Waals surface area contributed by atoms with E-state index in [2.05, 4.69) is 35.8 Å². The Kier molecular flexibility index (Phi) is 4.49. The summed E-state index contributed by atoms with van der Waals surface area (Å²) >= 11 is 4.43. The molecule has 0 atom stereocenters. The van der Waals surface area contributed by atoms with Crippen molar-refractivity contribution in [2.24, 2.45) is 0 Å². The molecule has 98 valence electrons. The summed E-state index contributed by atoms with van der Waals surface area (Å²) in [6.07, 6.45) is 2.76. The first-order chi connectivity index (χ1) is 8.58. The molecule has 2 N–H and O–H groups in total. The van der Waals surface area contributed by atoms with Crippen LogP contribution in [-0.4, -0.2) is 30.1 Å². The highest BCUT2D eigenvalue weighted by molar-refractivity contribution is 9.11. The highest BCUT2D eigenvalue weighted by atomic mass is 79.9. The number of thiophene rings is 1. The van der Waals surface area contributed by atoms with Crippen LogP contribution < -0.4 is 4.72 Å². The Morgan fingerprint density at radius 1 is 1.44 bits per heavy atom. The second-order valence-corrected chi connectivity index (χ2v) is 7.95. The zero-order valence-corrected chi connectivity index (χ0v) is 12.5. The fourth-order valence-corrected chi connectivity index (χ4v) is 4.46. The van der Waals surface area contributed by atoms with Crippen molar-refractivity contribution >= 4 is 37.3 Å². The summed E-state index contributed by atoms with van der Waals surface area (Å²) in [5.41, 5.74) is 0. The van der Waals surface area contributed by atoms with E-state index in [-0.39, 0.29) is 0 Å². The molecule has 0 aliphatic carbocycles. The normalized spacial score (nSPS) is 11.8. The Balaban J connectivity index is 1.82. The molecule has 9 heteroatoms. The SMILES string of the molecule is O=S(=O)(NCCCc1ncn[nH]1)c1ccc(Br)s1. The molecule has 0 unspecified atom stereocenters. The van der Waals surface area contributed by atoms with Crippen molar-refractivity contribution in [2.75, 3.05) is 6.54 Å². The predicted molar refractivity (Wildman–Crippen MR) is 71.9 cm³/mol. The summed E-state index contributed by atoms with van der Waals surface area (Å²) in [5.74, 6) is 0.757. The van der Waals surface area contributed by atoms with Gasteiger partial charge in [0.25, 0.3) is 0 Å². The van der Waals surface area contributed by atoms with Crippen LogP contribution in [0.4, 0.5) is 0 Å². The maximum Gasteiger partial charge on any atom is 0.250 e. The molecule has 0 fully saturated rings. The number of nitrogens with one attached hydrogen (secondary N) is 2. The quantitative estimate of drug-likeness (QED) is 0.773. The molecular formula is C9H11BrN4O2S2. The Hall–Kier alpha value is -0.770. The van der Waals surface area contributed by atoms with Crippen LogP contribution in [0.5, 0.6) is 0 Å². The van der Waals surface area contributed by atoms with E-state index in [0.29, 0.717) is 23.6 Å². The molecule has 0 aromatic carbocycles. The number of aryl methyl sites for hydroxylation is 1. The lowest BCUT2D eigenvalue weighted by Gasteiger charge is -2.03. The first kappa shape index (κ1) is 13.7. The summed E-state index contributed by atoms with van der Waals surface area (Å²) in [7, 11) is -3.39. The second kappa shape index (κ2) is 5.91. The number of aromatic nitrogens is 3. The minimum absolute atomic E-state index is 0.314. The summed E-state index contributed by atoms with van der Waals surface area (Å²) < 4.78 is 27.4. The topological polar surface area (TPSA) is 87.7 Å². The molecule has 2 rings (SSSR count). The molecule has 0 amide bonds. The summed E-state index contributed by atoms with van der Waals surface area (Å²) in [6.45, 7) is 0.374. The van der Waals surface area contributed by atoms with Gasteiger partial charge in [-0.3, -0.25) is 5.10 Å². The van der Waals surface area contributed by atoms with Crippen LogP contribution in [-0.2, 0) is 16.4 Å². The van der Waals surface area contributed by atoms with Crippen LogP contribution in [0.2, 0.25) is 0 Å². The number of H-pyrrole nitrogens is 1. The predicted octanol–water partition coefficient (Wildman–Crippen LogP) is 1.54. The number of aromatic amines is 1. The van der Waals surface area contributed by atoms with E-state index in [9.17, 15) is 8.42 Å². The lowest BCUT2D eigenvalue weighted by molar-refractivity contribution is 0.580. The molecule has 0 saturated heterocycles. The Labute approximate surface area is 117 Å². The first-order valence-electron chi connectivity index (χ1n) is 5.17. The first-order valence-corrected chi connectivity index (χ1v) is 8.26. The van der Waals surface area contributed by atoms with Gasteiger partial charge in [0.1, 0.15) is 16.4 Å². The van der Waals surface area contributed by atoms with Crippen molar-refractivity contribution in [3.63, 3.8) is 0 Å². The maximum atomic E-state index is 11.8. The van der Waals surface area contributed by atoms with E-state index in [4.69, 9.17) is 0 Å². The van der Waals surface area contributed by atoms with Crippen LogP contribution in [0.3, 0.4) is 0 Å². The largest absolute Gasteiger partial charge is 0.263 e. The van der Waals surface area contributed by atoms with E-state index in [0.717, 1.165) is 9.61 Å². The Bertz CT molecular complexity index is 594. The molecule has 0 radical (unpaired) electrons. The third kappa shape index (κ3) is 3.61. The van der Waals surface area contributed by atoms with Gasteiger partial charge in [0.2, 0.25) is 10.0 Å². The van der Waals surface area contributed by atoms with Crippen molar-refractivity contribution < 1.29 is 8.42 Å². The number of halogens is 1. The molecule has 18 heavy (non-hydrogen) atoms. The van der Waals surface area contributed by atoms with Crippen molar-refractivity contribution in [3.8, 4) is 0 Å². The fourth-order valence-electron chi connectivity index (χ4n) is 1.33. The van der Waals surface area contributed by atoms with Crippen LogP contribution >= 0.6 is 27.3 Å². The second-order valence-electron chi connectivity index (χ2n) is 3.49. The van der Waals surface area contributed by atoms with Gasteiger partial charge < -0.3 is 0 Å². The van der Waals surface area contributed by atoms with E-state index in [1.807, 2.05) is 0 Å². The molecule has 0 bridgehead atoms. The van der Waals surface area contributed by atoms with Gasteiger partial charge in [-0.25, -0.2) is 18.1 Å². The van der Waals surface area contributed by atoms with Crippen molar-refractivity contribution in [1.29, 1.82) is 0 Å². The van der Waals surface area contributed by atoms with Gasteiger partial charge in [0, 0.05) is 13.0 Å². The third-order valence-electron chi connectivity index (χ3n) is 2.16. The Morgan fingerprint density at radius 3 is 2.89 bits per heavy atom. The van der Waals surface area contributed by atoms with Gasteiger partial charge in [-0.2, -0.15) is 5.10 Å². The highest BCUT2D eigenvalue weighted by Crippen LogP contribution is 2.25. The third-order valence-corrected chi connectivity index (χ3v) is 5.74. The van der Waals surface area contributed by atoms with Crippen LogP contribution in [0.25, 0.3) is 0 Å². The molecule has 2 aromatic heterocycles. The highest BCUT2D eigenvalue weighted by Gasteiger charge is 2.15. The molecule has 2 heterocycles. The zero-order chi connectivity index (χ0) is 13.0. The van der Waals surface area contributed by atoms with Gasteiger partial charge >= 0.3 is 0 Å². The zero-order valence-electron chi connectivity index (χ0n) is 9.26. The fraction of sp³-hybridized carbons (Fsp3) is 0.333. The minimum Gasteiger partial charge on any atom is -0.263 e. The van der Waals surface area contributed by atoms with Gasteiger partial charge in [-0.15, -0.1) is 11.3 Å². The molecule has 2 aromatic rings. The van der Waals surface area contributed by atoms with Crippen LogP contribution in [0.15, 0.2) is 26.5 Å². The van der Waals surface area contributed by atoms with Gasteiger partial charge in [-0.05, 0) is 34.5 Å². The summed E-state index contributed by atoms with van der Waals surface area (Å²) in [6, 6.07) is 3.29. The molecule has 0 saturated carbocycles. The smallest absolute Gasteiger partial charge is 0.250 e. The van der Waals surface area contributed by atoms with E-state index >= 15 is 0 Å². The number of hydrogen-bond acceptors (Lipinski definition) is 5. The molecule has 0 aliphatic heterocycles. The van der Waals surface area contributed by atoms with Gasteiger partial charge in [-0.1, -0.05) is 0 Å². The molecule has 0 aliphatic rings. The molecule has 6 nitrogen and oxygen atoms in total. The van der Waals surface area contributed by atoms with Gasteiger partial charge in [0.15, 0.2) is 0 Å². The van der Waals surface area contributed by atoms with Gasteiger partial charge in [0.05, 0.1) is 3.79 Å². The van der Waals surface area contributed by atoms with Crippen LogP contribution in [0, 0.1) is 0 Å². The van der Waals surface area contributed by atoms with Crippen molar-refractivity contribution in [3.05, 3.63) is 28.1 Å². The van der Waals surface area contributed by atoms with Crippen LogP contribution in [0.1, 0.15) is 12.2 Å². The number of sulfonamides is 1. The number of rotatable bonds is 6.